The third-order valence-electron chi connectivity index (χ3n) is 2.62. The van der Waals surface area contributed by atoms with Gasteiger partial charge in [-0.1, -0.05) is 19.1 Å². The van der Waals surface area contributed by atoms with E-state index >= 15 is 0 Å². The molecule has 0 heterocycles. The van der Waals surface area contributed by atoms with Gasteiger partial charge >= 0.3 is 0 Å². The first-order valence-electron chi connectivity index (χ1n) is 6.27. The van der Waals surface area contributed by atoms with E-state index in [1.807, 2.05) is 18.2 Å². The molecule has 0 aliphatic carbocycles. The first-order chi connectivity index (χ1) is 9.17. The molecule has 0 spiro atoms. The van der Waals surface area contributed by atoms with Crippen LogP contribution in [-0.4, -0.2) is 24.7 Å². The summed E-state index contributed by atoms with van der Waals surface area (Å²) in [6.07, 6.45) is 0. The molecule has 1 aromatic rings. The molecule has 0 saturated carbocycles. The number of benzene rings is 1. The molecule has 0 aliphatic heterocycles. The van der Waals surface area contributed by atoms with E-state index < -0.39 is 0 Å². The van der Waals surface area contributed by atoms with Crippen molar-refractivity contribution >= 4 is 17.7 Å². The van der Waals surface area contributed by atoms with E-state index in [1.165, 1.54) is 17.3 Å². The summed E-state index contributed by atoms with van der Waals surface area (Å²) in [6.45, 7) is 5.22. The highest BCUT2D eigenvalue weighted by atomic mass is 32.2. The van der Waals surface area contributed by atoms with E-state index in [-0.39, 0.29) is 12.5 Å². The van der Waals surface area contributed by atoms with E-state index in [2.05, 4.69) is 36.6 Å². The Balaban J connectivity index is 2.44. The van der Waals surface area contributed by atoms with E-state index in [4.69, 9.17) is 5.26 Å². The maximum atomic E-state index is 11.3. The zero-order chi connectivity index (χ0) is 14.1. The number of thioether (sulfide) groups is 1. The van der Waals surface area contributed by atoms with Crippen molar-refractivity contribution in [2.24, 2.45) is 0 Å². The third kappa shape index (κ3) is 5.77. The maximum Gasteiger partial charge on any atom is 0.231 e. The van der Waals surface area contributed by atoms with Crippen LogP contribution in [-0.2, 0) is 4.79 Å². The van der Waals surface area contributed by atoms with Gasteiger partial charge in [0.1, 0.15) is 6.54 Å². The van der Waals surface area contributed by atoms with Crippen LogP contribution in [0.5, 0.6) is 0 Å². The summed E-state index contributed by atoms with van der Waals surface area (Å²) in [6, 6.07) is 10.4. The fourth-order valence-electron chi connectivity index (χ4n) is 1.61. The zero-order valence-corrected chi connectivity index (χ0v) is 12.1. The SMILES string of the molecule is CCNC(C)c1ccc(SCC(=O)NCC#N)cc1. The van der Waals surface area contributed by atoms with Gasteiger partial charge in [0.2, 0.25) is 5.91 Å². The Hall–Kier alpha value is -1.51. The molecule has 0 saturated heterocycles. The summed E-state index contributed by atoms with van der Waals surface area (Å²) in [5.74, 6) is 0.223. The lowest BCUT2D eigenvalue weighted by Gasteiger charge is -2.12. The van der Waals surface area contributed by atoms with Crippen LogP contribution in [0.15, 0.2) is 29.2 Å². The highest BCUT2D eigenvalue weighted by molar-refractivity contribution is 8.00. The summed E-state index contributed by atoms with van der Waals surface area (Å²) in [4.78, 5) is 12.4. The highest BCUT2D eigenvalue weighted by Gasteiger charge is 2.05. The van der Waals surface area contributed by atoms with Gasteiger partial charge in [-0.2, -0.15) is 5.26 Å². The Morgan fingerprint density at radius 1 is 1.42 bits per heavy atom. The van der Waals surface area contributed by atoms with E-state index in [9.17, 15) is 4.79 Å². The normalized spacial score (nSPS) is 11.6. The molecule has 0 fully saturated rings. The average molecular weight is 277 g/mol. The highest BCUT2D eigenvalue weighted by Crippen LogP contribution is 2.20. The fraction of sp³-hybridized carbons (Fsp3) is 0.429. The van der Waals surface area contributed by atoms with Crippen LogP contribution in [0.1, 0.15) is 25.5 Å². The van der Waals surface area contributed by atoms with Crippen molar-refractivity contribution < 1.29 is 4.79 Å². The third-order valence-corrected chi connectivity index (χ3v) is 3.64. The Kier molecular flexibility index (Phi) is 7.01. The molecule has 1 amide bonds. The molecule has 19 heavy (non-hydrogen) atoms. The monoisotopic (exact) mass is 277 g/mol. The van der Waals surface area contributed by atoms with Crippen molar-refractivity contribution in [2.45, 2.75) is 24.8 Å². The van der Waals surface area contributed by atoms with Crippen LogP contribution >= 0.6 is 11.8 Å². The van der Waals surface area contributed by atoms with Crippen molar-refractivity contribution in [3.05, 3.63) is 29.8 Å². The second-order valence-electron chi connectivity index (χ2n) is 4.07. The van der Waals surface area contributed by atoms with Crippen LogP contribution in [0.4, 0.5) is 0 Å². The largest absolute Gasteiger partial charge is 0.342 e. The number of rotatable bonds is 7. The number of hydrogen-bond donors (Lipinski definition) is 2. The molecule has 0 aromatic heterocycles. The summed E-state index contributed by atoms with van der Waals surface area (Å²) in [5, 5.41) is 14.2. The topological polar surface area (TPSA) is 64.9 Å². The van der Waals surface area contributed by atoms with Gasteiger partial charge in [0, 0.05) is 10.9 Å². The lowest BCUT2D eigenvalue weighted by atomic mass is 10.1. The molecular weight excluding hydrogens is 258 g/mol. The van der Waals surface area contributed by atoms with E-state index in [0.717, 1.165) is 11.4 Å². The summed E-state index contributed by atoms with van der Waals surface area (Å²) in [5.41, 5.74) is 1.24. The van der Waals surface area contributed by atoms with Gasteiger partial charge in [-0.05, 0) is 31.2 Å². The van der Waals surface area contributed by atoms with Crippen molar-refractivity contribution in [2.75, 3.05) is 18.8 Å². The number of nitrogens with one attached hydrogen (secondary N) is 2. The molecule has 1 unspecified atom stereocenters. The number of carbonyl (C=O) groups excluding carboxylic acids is 1. The molecule has 5 heteroatoms. The Morgan fingerprint density at radius 3 is 2.68 bits per heavy atom. The van der Waals surface area contributed by atoms with Crippen LogP contribution in [0.2, 0.25) is 0 Å². The predicted molar refractivity (Wildman–Crippen MR) is 77.9 cm³/mol. The Bertz CT molecular complexity index is 439. The lowest BCUT2D eigenvalue weighted by Crippen LogP contribution is -2.25. The standard InChI is InChI=1S/C14H19N3OS/c1-3-16-11(2)12-4-6-13(7-5-12)19-10-14(18)17-9-8-15/h4-7,11,16H,3,9-10H2,1-2H3,(H,17,18). The number of amides is 1. The molecule has 0 aliphatic rings. The molecule has 1 rings (SSSR count). The number of carbonyl (C=O) groups is 1. The molecular formula is C14H19N3OS. The second kappa shape index (κ2) is 8.57. The lowest BCUT2D eigenvalue weighted by molar-refractivity contribution is -0.118. The van der Waals surface area contributed by atoms with Crippen molar-refractivity contribution in [1.29, 1.82) is 5.26 Å². The minimum absolute atomic E-state index is 0.0680. The maximum absolute atomic E-state index is 11.3. The van der Waals surface area contributed by atoms with E-state index in [1.54, 1.807) is 0 Å². The smallest absolute Gasteiger partial charge is 0.231 e. The minimum Gasteiger partial charge on any atom is -0.342 e. The van der Waals surface area contributed by atoms with Crippen molar-refractivity contribution in [1.82, 2.24) is 10.6 Å². The molecule has 4 nitrogen and oxygen atoms in total. The quantitative estimate of drug-likeness (QED) is 0.591. The van der Waals surface area contributed by atoms with Gasteiger partial charge in [0.05, 0.1) is 11.8 Å². The first-order valence-corrected chi connectivity index (χ1v) is 7.25. The van der Waals surface area contributed by atoms with Crippen LogP contribution in [0.25, 0.3) is 0 Å². The Labute approximate surface area is 118 Å². The fourth-order valence-corrected chi connectivity index (χ4v) is 2.34. The van der Waals surface area contributed by atoms with Crippen molar-refractivity contribution in [3.63, 3.8) is 0 Å². The second-order valence-corrected chi connectivity index (χ2v) is 5.12. The minimum atomic E-state index is -0.114. The van der Waals surface area contributed by atoms with Gasteiger partial charge < -0.3 is 10.6 Å². The van der Waals surface area contributed by atoms with Gasteiger partial charge in [-0.3, -0.25) is 4.79 Å². The van der Waals surface area contributed by atoms with Crippen molar-refractivity contribution in [3.8, 4) is 6.07 Å². The summed E-state index contributed by atoms with van der Waals surface area (Å²) >= 11 is 1.47. The first kappa shape index (κ1) is 15.5. The Morgan fingerprint density at radius 2 is 2.11 bits per heavy atom. The van der Waals surface area contributed by atoms with Crippen LogP contribution in [0.3, 0.4) is 0 Å². The van der Waals surface area contributed by atoms with Crippen LogP contribution in [0, 0.1) is 11.3 Å². The predicted octanol–water partition coefficient (Wildman–Crippen LogP) is 2.09. The molecule has 0 bridgehead atoms. The number of hydrogen-bond acceptors (Lipinski definition) is 4. The molecule has 102 valence electrons. The number of nitriles is 1. The molecule has 1 aromatic carbocycles. The summed E-state index contributed by atoms with van der Waals surface area (Å²) < 4.78 is 0. The van der Waals surface area contributed by atoms with Gasteiger partial charge in [-0.15, -0.1) is 11.8 Å². The molecule has 1 atom stereocenters. The number of nitrogens with zero attached hydrogens (tertiary/aromatic N) is 1. The van der Waals surface area contributed by atoms with Gasteiger partial charge in [-0.25, -0.2) is 0 Å². The zero-order valence-electron chi connectivity index (χ0n) is 11.3. The molecule has 0 radical (unpaired) electrons. The van der Waals surface area contributed by atoms with Gasteiger partial charge in [0.15, 0.2) is 0 Å². The molecule has 2 N–H and O–H groups in total. The summed E-state index contributed by atoms with van der Waals surface area (Å²) in [7, 11) is 0. The van der Waals surface area contributed by atoms with Gasteiger partial charge in [0.25, 0.3) is 0 Å². The van der Waals surface area contributed by atoms with Crippen LogP contribution < -0.4 is 10.6 Å². The van der Waals surface area contributed by atoms with E-state index in [0.29, 0.717) is 11.8 Å². The average Bonchev–Trinajstić information content (AvgIpc) is 2.43.